The van der Waals surface area contributed by atoms with Crippen LogP contribution in [-0.4, -0.2) is 27.3 Å². The lowest BCUT2D eigenvalue weighted by atomic mass is 9.89. The standard InChI is InChI=1S/C23H24BN3O3S2/c1-14-4-11-21(16(3)12-14)27-32(29,30)19-9-7-18(8-10-19)25-23(31)26-22(28)17-6-5-15(2)20(24)13-17/h4-13,27H,24H2,1-3H3,(H2,25,26,28,31). The Morgan fingerprint density at radius 2 is 1.59 bits per heavy atom. The lowest BCUT2D eigenvalue weighted by Gasteiger charge is -2.13. The van der Waals surface area contributed by atoms with E-state index in [-0.39, 0.29) is 15.9 Å². The molecule has 3 aromatic carbocycles. The highest BCUT2D eigenvalue weighted by atomic mass is 32.2. The Kier molecular flexibility index (Phi) is 7.01. The van der Waals surface area contributed by atoms with Crippen LogP contribution in [-0.2, 0) is 10.0 Å². The summed E-state index contributed by atoms with van der Waals surface area (Å²) in [7, 11) is -1.80. The van der Waals surface area contributed by atoms with E-state index in [1.165, 1.54) is 12.1 Å². The lowest BCUT2D eigenvalue weighted by Crippen LogP contribution is -2.34. The van der Waals surface area contributed by atoms with Crippen LogP contribution in [0.25, 0.3) is 0 Å². The summed E-state index contributed by atoms with van der Waals surface area (Å²) in [6, 6.07) is 17.1. The van der Waals surface area contributed by atoms with Gasteiger partial charge in [-0.2, -0.15) is 0 Å². The molecule has 0 unspecified atom stereocenters. The van der Waals surface area contributed by atoms with E-state index in [0.717, 1.165) is 22.2 Å². The molecule has 0 saturated heterocycles. The zero-order valence-electron chi connectivity index (χ0n) is 18.3. The second-order valence-electron chi connectivity index (χ2n) is 7.66. The fourth-order valence-electron chi connectivity index (χ4n) is 3.07. The number of nitrogens with one attached hydrogen (secondary N) is 3. The zero-order valence-corrected chi connectivity index (χ0v) is 19.9. The lowest BCUT2D eigenvalue weighted by molar-refractivity contribution is 0.0978. The molecular formula is C23H24BN3O3S2. The Balaban J connectivity index is 1.65. The molecule has 0 heterocycles. The number of hydrogen-bond acceptors (Lipinski definition) is 4. The van der Waals surface area contributed by atoms with Crippen LogP contribution in [0.1, 0.15) is 27.0 Å². The van der Waals surface area contributed by atoms with Crippen molar-refractivity contribution >= 4 is 57.9 Å². The number of thiocarbonyl (C=S) groups is 1. The number of hydrogen-bond donors (Lipinski definition) is 3. The molecule has 0 saturated carbocycles. The van der Waals surface area contributed by atoms with E-state index in [4.69, 9.17) is 12.2 Å². The zero-order chi connectivity index (χ0) is 23.5. The normalized spacial score (nSPS) is 11.0. The first-order valence-corrected chi connectivity index (χ1v) is 11.8. The second-order valence-corrected chi connectivity index (χ2v) is 9.75. The minimum absolute atomic E-state index is 0.119. The molecule has 164 valence electrons. The molecule has 6 nitrogen and oxygen atoms in total. The molecule has 0 atom stereocenters. The summed E-state index contributed by atoms with van der Waals surface area (Å²) in [5, 5.41) is 5.65. The van der Waals surface area contributed by atoms with Gasteiger partial charge in [-0.15, -0.1) is 0 Å². The van der Waals surface area contributed by atoms with Gasteiger partial charge in [-0.25, -0.2) is 8.42 Å². The van der Waals surface area contributed by atoms with E-state index in [0.29, 0.717) is 16.9 Å². The molecule has 9 heteroatoms. The number of sulfonamides is 1. The molecule has 0 aliphatic rings. The van der Waals surface area contributed by atoms with Crippen molar-refractivity contribution in [3.8, 4) is 0 Å². The van der Waals surface area contributed by atoms with Gasteiger partial charge in [-0.1, -0.05) is 40.9 Å². The highest BCUT2D eigenvalue weighted by molar-refractivity contribution is 7.92. The van der Waals surface area contributed by atoms with Gasteiger partial charge in [0.2, 0.25) is 0 Å². The van der Waals surface area contributed by atoms with Crippen LogP contribution < -0.4 is 20.8 Å². The van der Waals surface area contributed by atoms with Crippen molar-refractivity contribution in [3.05, 3.63) is 82.9 Å². The van der Waals surface area contributed by atoms with Gasteiger partial charge in [-0.3, -0.25) is 14.8 Å². The maximum Gasteiger partial charge on any atom is 0.261 e. The predicted octanol–water partition coefficient (Wildman–Crippen LogP) is 2.80. The van der Waals surface area contributed by atoms with Crippen LogP contribution >= 0.6 is 12.2 Å². The van der Waals surface area contributed by atoms with Crippen LogP contribution in [0.3, 0.4) is 0 Å². The number of carbonyl (C=O) groups excluding carboxylic acids is 1. The van der Waals surface area contributed by atoms with Gasteiger partial charge in [0.1, 0.15) is 7.85 Å². The van der Waals surface area contributed by atoms with Crippen molar-refractivity contribution in [1.82, 2.24) is 5.32 Å². The Morgan fingerprint density at radius 3 is 2.22 bits per heavy atom. The average molecular weight is 465 g/mol. The Morgan fingerprint density at radius 1 is 0.906 bits per heavy atom. The summed E-state index contributed by atoms with van der Waals surface area (Å²) in [6.45, 7) is 5.78. The summed E-state index contributed by atoms with van der Waals surface area (Å²) >= 11 is 5.22. The third-order valence-corrected chi connectivity index (χ3v) is 6.63. The van der Waals surface area contributed by atoms with Gasteiger partial charge in [0, 0.05) is 11.3 Å². The number of anilines is 2. The highest BCUT2D eigenvalue weighted by Crippen LogP contribution is 2.21. The number of benzene rings is 3. The molecule has 32 heavy (non-hydrogen) atoms. The van der Waals surface area contributed by atoms with Crippen molar-refractivity contribution in [3.63, 3.8) is 0 Å². The molecule has 1 amide bonds. The number of carbonyl (C=O) groups is 1. The highest BCUT2D eigenvalue weighted by Gasteiger charge is 2.16. The van der Waals surface area contributed by atoms with Crippen LogP contribution in [0.5, 0.6) is 0 Å². The van der Waals surface area contributed by atoms with Gasteiger partial charge in [0.05, 0.1) is 10.6 Å². The average Bonchev–Trinajstić information content (AvgIpc) is 2.72. The smallest absolute Gasteiger partial charge is 0.261 e. The van der Waals surface area contributed by atoms with Gasteiger partial charge in [0.15, 0.2) is 5.11 Å². The third kappa shape index (κ3) is 5.75. The molecule has 0 radical (unpaired) electrons. The van der Waals surface area contributed by atoms with E-state index < -0.39 is 10.0 Å². The van der Waals surface area contributed by atoms with E-state index in [1.807, 2.05) is 46.8 Å². The maximum absolute atomic E-state index is 12.7. The molecule has 0 aromatic heterocycles. The minimum atomic E-state index is -3.74. The van der Waals surface area contributed by atoms with Gasteiger partial charge >= 0.3 is 0 Å². The summed E-state index contributed by atoms with van der Waals surface area (Å²) in [6.07, 6.45) is 0. The summed E-state index contributed by atoms with van der Waals surface area (Å²) in [5.41, 5.74) is 5.62. The van der Waals surface area contributed by atoms with Crippen LogP contribution in [0.15, 0.2) is 65.6 Å². The van der Waals surface area contributed by atoms with E-state index in [9.17, 15) is 13.2 Å². The molecule has 0 aliphatic heterocycles. The molecule has 3 aromatic rings. The monoisotopic (exact) mass is 465 g/mol. The SMILES string of the molecule is Bc1cc(C(=O)NC(=S)Nc2ccc(S(=O)(=O)Nc3ccc(C)cc3C)cc2)ccc1C. The van der Waals surface area contributed by atoms with Gasteiger partial charge in [0.25, 0.3) is 15.9 Å². The Hall–Kier alpha value is -3.17. The molecule has 0 aliphatic carbocycles. The van der Waals surface area contributed by atoms with Crippen molar-refractivity contribution in [1.29, 1.82) is 0 Å². The predicted molar refractivity (Wildman–Crippen MR) is 136 cm³/mol. The van der Waals surface area contributed by atoms with Crippen molar-refractivity contribution in [2.75, 3.05) is 10.0 Å². The van der Waals surface area contributed by atoms with E-state index in [1.54, 1.807) is 30.3 Å². The minimum Gasteiger partial charge on any atom is -0.332 e. The molecule has 0 fully saturated rings. The van der Waals surface area contributed by atoms with Crippen molar-refractivity contribution in [2.45, 2.75) is 25.7 Å². The summed E-state index contributed by atoms with van der Waals surface area (Å²) < 4.78 is 28.0. The maximum atomic E-state index is 12.7. The summed E-state index contributed by atoms with van der Waals surface area (Å²) in [5.74, 6) is -0.317. The van der Waals surface area contributed by atoms with Crippen LogP contribution in [0.4, 0.5) is 11.4 Å². The molecule has 3 N–H and O–H groups in total. The first-order chi connectivity index (χ1) is 15.0. The number of aryl methyl sites for hydroxylation is 3. The van der Waals surface area contributed by atoms with Crippen LogP contribution in [0.2, 0.25) is 0 Å². The largest absolute Gasteiger partial charge is 0.332 e. The molecular weight excluding hydrogens is 441 g/mol. The molecule has 0 spiro atoms. The molecule has 3 rings (SSSR count). The fourth-order valence-corrected chi connectivity index (χ4v) is 4.41. The van der Waals surface area contributed by atoms with Crippen molar-refractivity contribution in [2.24, 2.45) is 0 Å². The van der Waals surface area contributed by atoms with Gasteiger partial charge < -0.3 is 5.32 Å². The fraction of sp³-hybridized carbons (Fsp3) is 0.130. The quantitative estimate of drug-likeness (QED) is 0.399. The second kappa shape index (κ2) is 9.54. The van der Waals surface area contributed by atoms with Gasteiger partial charge in [-0.05, 0) is 75.0 Å². The van der Waals surface area contributed by atoms with Crippen molar-refractivity contribution < 1.29 is 13.2 Å². The molecule has 0 bridgehead atoms. The first-order valence-electron chi connectivity index (χ1n) is 9.95. The van der Waals surface area contributed by atoms with E-state index >= 15 is 0 Å². The Bertz CT molecular complexity index is 1290. The topological polar surface area (TPSA) is 87.3 Å². The first kappa shape index (κ1) is 23.5. The number of amides is 1. The third-order valence-electron chi connectivity index (χ3n) is 5.04. The van der Waals surface area contributed by atoms with Crippen LogP contribution in [0, 0.1) is 20.8 Å². The Labute approximate surface area is 194 Å². The number of rotatable bonds is 5. The van der Waals surface area contributed by atoms with E-state index in [2.05, 4.69) is 15.4 Å². The summed E-state index contributed by atoms with van der Waals surface area (Å²) in [4.78, 5) is 12.5.